The van der Waals surface area contributed by atoms with Crippen LogP contribution in [0.1, 0.15) is 11.3 Å². The second-order valence-electron chi connectivity index (χ2n) is 3.55. The van der Waals surface area contributed by atoms with Gasteiger partial charge >= 0.3 is 0 Å². The zero-order valence-electron chi connectivity index (χ0n) is 9.15. The molecule has 0 amide bonds. The summed E-state index contributed by atoms with van der Waals surface area (Å²) in [6.07, 6.45) is 0. The molecule has 17 heavy (non-hydrogen) atoms. The molecule has 0 spiro atoms. The molecular weight excluding hydrogens is 259 g/mol. The highest BCUT2D eigenvalue weighted by atomic mass is 35.5. The van der Waals surface area contributed by atoms with Crippen molar-refractivity contribution in [1.82, 2.24) is 10.2 Å². The smallest absolute Gasteiger partial charge is 0.151 e. The predicted molar refractivity (Wildman–Crippen MR) is 67.6 cm³/mol. The van der Waals surface area contributed by atoms with E-state index in [0.29, 0.717) is 22.5 Å². The molecule has 0 N–H and O–H groups in total. The largest absolute Gasteiger partial charge is 0.487 e. The summed E-state index contributed by atoms with van der Waals surface area (Å²) in [6, 6.07) is 8.96. The third kappa shape index (κ3) is 3.32. The molecule has 1 heterocycles. The van der Waals surface area contributed by atoms with Gasteiger partial charge < -0.3 is 4.74 Å². The molecule has 0 atom stereocenters. The van der Waals surface area contributed by atoms with Gasteiger partial charge in [-0.15, -0.1) is 5.10 Å². The minimum Gasteiger partial charge on any atom is -0.487 e. The van der Waals surface area contributed by atoms with Crippen molar-refractivity contribution in [3.05, 3.63) is 51.8 Å². The molecule has 0 unspecified atom stereocenters. The molecule has 1 aromatic carbocycles. The molecule has 0 radical (unpaired) electrons. The minimum atomic E-state index is 0.339. The van der Waals surface area contributed by atoms with Gasteiger partial charge in [0.2, 0.25) is 0 Å². The molecule has 0 fully saturated rings. The van der Waals surface area contributed by atoms with Gasteiger partial charge in [0.15, 0.2) is 5.15 Å². The fourth-order valence-electron chi connectivity index (χ4n) is 1.30. The average Bonchev–Trinajstić information content (AvgIpc) is 2.32. The maximum atomic E-state index is 5.89. The Kier molecular flexibility index (Phi) is 3.82. The van der Waals surface area contributed by atoms with E-state index in [2.05, 4.69) is 10.2 Å². The summed E-state index contributed by atoms with van der Waals surface area (Å²) in [6.45, 7) is 2.30. The first kappa shape index (κ1) is 12.1. The summed E-state index contributed by atoms with van der Waals surface area (Å²) in [7, 11) is 0. The van der Waals surface area contributed by atoms with Crippen molar-refractivity contribution >= 4 is 23.2 Å². The topological polar surface area (TPSA) is 35.0 Å². The van der Waals surface area contributed by atoms with Crippen molar-refractivity contribution in [3.63, 3.8) is 0 Å². The summed E-state index contributed by atoms with van der Waals surface area (Å²) >= 11 is 11.5. The van der Waals surface area contributed by atoms with Gasteiger partial charge in [0.25, 0.3) is 0 Å². The van der Waals surface area contributed by atoms with Gasteiger partial charge in [-0.3, -0.25) is 0 Å². The number of rotatable bonds is 3. The highest BCUT2D eigenvalue weighted by Crippen LogP contribution is 2.23. The van der Waals surface area contributed by atoms with E-state index in [-0.39, 0.29) is 0 Å². The van der Waals surface area contributed by atoms with E-state index in [4.69, 9.17) is 27.9 Å². The van der Waals surface area contributed by atoms with Crippen LogP contribution in [-0.2, 0) is 6.61 Å². The summed E-state index contributed by atoms with van der Waals surface area (Å²) in [5, 5.41) is 8.66. The van der Waals surface area contributed by atoms with Crippen molar-refractivity contribution in [3.8, 4) is 5.75 Å². The van der Waals surface area contributed by atoms with Crippen molar-refractivity contribution in [1.29, 1.82) is 0 Å². The first-order valence-corrected chi connectivity index (χ1v) is 5.78. The van der Waals surface area contributed by atoms with Crippen molar-refractivity contribution < 1.29 is 4.74 Å². The number of nitrogens with zero attached hydrogens (tertiary/aromatic N) is 2. The van der Waals surface area contributed by atoms with Gasteiger partial charge in [0.1, 0.15) is 18.1 Å². The average molecular weight is 269 g/mol. The van der Waals surface area contributed by atoms with Gasteiger partial charge in [-0.2, -0.15) is 5.10 Å². The Hall–Kier alpha value is -1.32. The lowest BCUT2D eigenvalue weighted by atomic mass is 10.2. The van der Waals surface area contributed by atoms with Crippen LogP contribution in [0.4, 0.5) is 0 Å². The summed E-state index contributed by atoms with van der Waals surface area (Å²) < 4.78 is 5.61. The van der Waals surface area contributed by atoms with Crippen molar-refractivity contribution in [2.45, 2.75) is 13.5 Å². The van der Waals surface area contributed by atoms with Crippen LogP contribution in [0.25, 0.3) is 0 Å². The van der Waals surface area contributed by atoms with Crippen LogP contribution in [0.3, 0.4) is 0 Å². The van der Waals surface area contributed by atoms with E-state index in [9.17, 15) is 0 Å². The first-order valence-electron chi connectivity index (χ1n) is 5.02. The van der Waals surface area contributed by atoms with Crippen LogP contribution in [0.15, 0.2) is 30.3 Å². The van der Waals surface area contributed by atoms with E-state index in [1.165, 1.54) is 0 Å². The Bertz CT molecular complexity index is 514. The van der Waals surface area contributed by atoms with E-state index in [0.717, 1.165) is 11.3 Å². The van der Waals surface area contributed by atoms with Crippen LogP contribution in [0.5, 0.6) is 5.75 Å². The van der Waals surface area contributed by atoms with Crippen molar-refractivity contribution in [2.24, 2.45) is 0 Å². The molecule has 0 bridgehead atoms. The molecule has 2 aromatic rings. The molecule has 0 aliphatic carbocycles. The standard InChI is InChI=1S/C12H10Cl2N2O/c1-8-2-3-9(13)6-11(8)17-7-10-4-5-12(14)16-15-10/h2-6H,7H2,1H3. The number of aryl methyl sites for hydroxylation is 1. The minimum absolute atomic E-state index is 0.339. The number of aromatic nitrogens is 2. The van der Waals surface area contributed by atoms with Gasteiger partial charge in [0.05, 0.1) is 0 Å². The first-order chi connectivity index (χ1) is 8.15. The number of hydrogen-bond acceptors (Lipinski definition) is 3. The molecule has 1 aromatic heterocycles. The highest BCUT2D eigenvalue weighted by Gasteiger charge is 2.02. The Labute approximate surface area is 109 Å². The lowest BCUT2D eigenvalue weighted by Crippen LogP contribution is -2.00. The number of benzene rings is 1. The van der Waals surface area contributed by atoms with Gasteiger partial charge in [-0.25, -0.2) is 0 Å². The quantitative estimate of drug-likeness (QED) is 0.852. The molecular formula is C12H10Cl2N2O. The molecule has 0 aliphatic rings. The predicted octanol–water partition coefficient (Wildman–Crippen LogP) is 3.67. The molecule has 3 nitrogen and oxygen atoms in total. The third-order valence-corrected chi connectivity index (χ3v) is 2.65. The van der Waals surface area contributed by atoms with Crippen LogP contribution >= 0.6 is 23.2 Å². The SMILES string of the molecule is Cc1ccc(Cl)cc1OCc1ccc(Cl)nn1. The second-order valence-corrected chi connectivity index (χ2v) is 4.37. The molecule has 5 heteroatoms. The molecule has 0 saturated carbocycles. The second kappa shape index (κ2) is 5.34. The van der Waals surface area contributed by atoms with Crippen LogP contribution < -0.4 is 4.74 Å². The number of hydrogen-bond donors (Lipinski definition) is 0. The Morgan fingerprint density at radius 3 is 2.65 bits per heavy atom. The normalized spacial score (nSPS) is 10.3. The number of halogens is 2. The Balaban J connectivity index is 2.07. The third-order valence-electron chi connectivity index (χ3n) is 2.21. The van der Waals surface area contributed by atoms with Crippen molar-refractivity contribution in [2.75, 3.05) is 0 Å². The fourth-order valence-corrected chi connectivity index (χ4v) is 1.56. The zero-order valence-corrected chi connectivity index (χ0v) is 10.7. The van der Waals surface area contributed by atoms with E-state index >= 15 is 0 Å². The monoisotopic (exact) mass is 268 g/mol. The van der Waals surface area contributed by atoms with Crippen LogP contribution in [0, 0.1) is 6.92 Å². The highest BCUT2D eigenvalue weighted by molar-refractivity contribution is 6.30. The maximum Gasteiger partial charge on any atom is 0.151 e. The molecule has 0 aliphatic heterocycles. The van der Waals surface area contributed by atoms with Crippen LogP contribution in [0.2, 0.25) is 10.2 Å². The molecule has 88 valence electrons. The fraction of sp³-hybridized carbons (Fsp3) is 0.167. The van der Waals surface area contributed by atoms with E-state index in [1.54, 1.807) is 18.2 Å². The Morgan fingerprint density at radius 1 is 1.12 bits per heavy atom. The summed E-state index contributed by atoms with van der Waals surface area (Å²) in [5.74, 6) is 0.745. The van der Waals surface area contributed by atoms with Crippen LogP contribution in [-0.4, -0.2) is 10.2 Å². The summed E-state index contributed by atoms with van der Waals surface area (Å²) in [5.41, 5.74) is 1.74. The molecule has 2 rings (SSSR count). The lowest BCUT2D eigenvalue weighted by molar-refractivity contribution is 0.298. The zero-order chi connectivity index (χ0) is 12.3. The lowest BCUT2D eigenvalue weighted by Gasteiger charge is -2.08. The van der Waals surface area contributed by atoms with Gasteiger partial charge in [-0.05, 0) is 36.8 Å². The summed E-state index contributed by atoms with van der Waals surface area (Å²) in [4.78, 5) is 0. The van der Waals surface area contributed by atoms with Gasteiger partial charge in [0, 0.05) is 5.02 Å². The van der Waals surface area contributed by atoms with Gasteiger partial charge in [-0.1, -0.05) is 29.3 Å². The van der Waals surface area contributed by atoms with E-state index in [1.807, 2.05) is 19.1 Å². The maximum absolute atomic E-state index is 5.89. The number of ether oxygens (including phenoxy) is 1. The van der Waals surface area contributed by atoms with E-state index < -0.39 is 0 Å². The Morgan fingerprint density at radius 2 is 1.94 bits per heavy atom. The molecule has 0 saturated heterocycles.